The summed E-state index contributed by atoms with van der Waals surface area (Å²) in [5.41, 5.74) is 1.18. The predicted octanol–water partition coefficient (Wildman–Crippen LogP) is 3.06. The van der Waals surface area contributed by atoms with E-state index in [0.29, 0.717) is 12.6 Å². The molecule has 1 saturated heterocycles. The van der Waals surface area contributed by atoms with Gasteiger partial charge in [-0.3, -0.25) is 4.99 Å². The highest BCUT2D eigenvalue weighted by atomic mass is 32.2. The molecule has 1 N–H and O–H groups in total. The molecule has 1 heterocycles. The molecule has 0 amide bonds. The number of nitrogens with zero attached hydrogens (tertiary/aromatic N) is 1. The Morgan fingerprint density at radius 1 is 1.50 bits per heavy atom. The van der Waals surface area contributed by atoms with Gasteiger partial charge < -0.3 is 10.1 Å². The molecule has 1 aliphatic heterocycles. The van der Waals surface area contributed by atoms with Crippen molar-refractivity contribution in [2.75, 3.05) is 12.9 Å². The van der Waals surface area contributed by atoms with Crippen molar-refractivity contribution >= 4 is 16.9 Å². The summed E-state index contributed by atoms with van der Waals surface area (Å²) in [5.74, 6) is 2.06. The highest BCUT2D eigenvalue weighted by molar-refractivity contribution is 8.13. The fraction of sp³-hybridized carbons (Fsp3) is 0.500. The minimum Gasteiger partial charge on any atom is -0.497 e. The third kappa shape index (κ3) is 3.67. The number of thioether (sulfide) groups is 1. The molecule has 98 valence electrons. The lowest BCUT2D eigenvalue weighted by Crippen LogP contribution is -2.37. The third-order valence-electron chi connectivity index (χ3n) is 3.06. The van der Waals surface area contributed by atoms with E-state index in [1.807, 2.05) is 30.0 Å². The van der Waals surface area contributed by atoms with Crippen LogP contribution in [-0.2, 0) is 6.54 Å². The van der Waals surface area contributed by atoms with Gasteiger partial charge in [-0.2, -0.15) is 0 Å². The zero-order chi connectivity index (χ0) is 12.8. The molecule has 0 radical (unpaired) electrons. The van der Waals surface area contributed by atoms with E-state index in [-0.39, 0.29) is 0 Å². The second-order valence-electron chi connectivity index (χ2n) is 4.36. The normalized spacial score (nSPS) is 21.7. The highest BCUT2D eigenvalue weighted by Crippen LogP contribution is 2.17. The molecule has 0 spiro atoms. The minimum atomic E-state index is 0.593. The fourth-order valence-corrected chi connectivity index (χ4v) is 2.92. The van der Waals surface area contributed by atoms with Gasteiger partial charge in [-0.1, -0.05) is 30.8 Å². The van der Waals surface area contributed by atoms with Gasteiger partial charge in [0.05, 0.1) is 13.7 Å². The molecule has 2 rings (SSSR count). The molecule has 3 nitrogen and oxygen atoms in total. The molecule has 1 fully saturated rings. The molecule has 0 aliphatic carbocycles. The van der Waals surface area contributed by atoms with Crippen molar-refractivity contribution in [1.82, 2.24) is 5.32 Å². The van der Waals surface area contributed by atoms with Gasteiger partial charge in [0.1, 0.15) is 5.75 Å². The van der Waals surface area contributed by atoms with Crippen LogP contribution < -0.4 is 10.1 Å². The maximum absolute atomic E-state index is 5.21. The summed E-state index contributed by atoms with van der Waals surface area (Å²) in [6, 6.07) is 8.67. The highest BCUT2D eigenvalue weighted by Gasteiger charge is 2.15. The maximum atomic E-state index is 5.21. The van der Waals surface area contributed by atoms with Crippen molar-refractivity contribution in [3.8, 4) is 5.75 Å². The molecule has 1 aromatic rings. The van der Waals surface area contributed by atoms with Crippen LogP contribution in [0.4, 0.5) is 0 Å². The van der Waals surface area contributed by atoms with E-state index < -0.39 is 0 Å². The Bertz CT molecular complexity index is 420. The smallest absolute Gasteiger partial charge is 0.157 e. The Balaban J connectivity index is 1.96. The Morgan fingerprint density at radius 2 is 2.39 bits per heavy atom. The summed E-state index contributed by atoms with van der Waals surface area (Å²) in [4.78, 5) is 4.64. The molecule has 1 unspecified atom stereocenters. The average Bonchev–Trinajstić information content (AvgIpc) is 2.45. The van der Waals surface area contributed by atoms with Crippen LogP contribution in [-0.4, -0.2) is 24.1 Å². The van der Waals surface area contributed by atoms with Crippen LogP contribution in [0.3, 0.4) is 0 Å². The van der Waals surface area contributed by atoms with Crippen LogP contribution in [0, 0.1) is 0 Å². The van der Waals surface area contributed by atoms with Gasteiger partial charge in [-0.05, 0) is 30.5 Å². The van der Waals surface area contributed by atoms with Crippen LogP contribution in [0.5, 0.6) is 5.75 Å². The number of ether oxygens (including phenoxy) is 1. The van der Waals surface area contributed by atoms with Crippen LogP contribution in [0.2, 0.25) is 0 Å². The van der Waals surface area contributed by atoms with Gasteiger partial charge >= 0.3 is 0 Å². The molecule has 18 heavy (non-hydrogen) atoms. The zero-order valence-corrected chi connectivity index (χ0v) is 11.8. The van der Waals surface area contributed by atoms with E-state index in [2.05, 4.69) is 23.3 Å². The molecule has 1 aromatic carbocycles. The standard InChI is InChI=1S/C14H20N2OS/c1-3-12-7-8-18-14(16-12)15-10-11-5-4-6-13(9-11)17-2/h4-6,9,12H,3,7-8,10H2,1-2H3,(H,15,16). The summed E-state index contributed by atoms with van der Waals surface area (Å²) in [6.07, 6.45) is 2.40. The SMILES string of the molecule is CCC1CCSC(=NCc2cccc(OC)c2)N1. The summed E-state index contributed by atoms with van der Waals surface area (Å²) in [5, 5.41) is 4.56. The van der Waals surface area contributed by atoms with E-state index in [9.17, 15) is 0 Å². The van der Waals surface area contributed by atoms with Crippen molar-refractivity contribution in [2.45, 2.75) is 32.4 Å². The van der Waals surface area contributed by atoms with Gasteiger partial charge in [0.2, 0.25) is 0 Å². The second kappa shape index (κ2) is 6.69. The van der Waals surface area contributed by atoms with Gasteiger partial charge in [-0.15, -0.1) is 0 Å². The lowest BCUT2D eigenvalue weighted by Gasteiger charge is -2.24. The van der Waals surface area contributed by atoms with Crippen molar-refractivity contribution < 1.29 is 4.74 Å². The van der Waals surface area contributed by atoms with E-state index in [0.717, 1.165) is 10.9 Å². The molecule has 4 heteroatoms. The largest absolute Gasteiger partial charge is 0.497 e. The van der Waals surface area contributed by atoms with Crippen molar-refractivity contribution in [3.05, 3.63) is 29.8 Å². The van der Waals surface area contributed by atoms with Gasteiger partial charge in [0.25, 0.3) is 0 Å². The predicted molar refractivity (Wildman–Crippen MR) is 78.4 cm³/mol. The number of aliphatic imine (C=N–C) groups is 1. The lowest BCUT2D eigenvalue weighted by atomic mass is 10.2. The Kier molecular flexibility index (Phi) is 4.93. The Morgan fingerprint density at radius 3 is 3.17 bits per heavy atom. The number of benzene rings is 1. The van der Waals surface area contributed by atoms with Gasteiger partial charge in [0, 0.05) is 11.8 Å². The molecule has 0 bridgehead atoms. The van der Waals surface area contributed by atoms with E-state index in [1.54, 1.807) is 7.11 Å². The zero-order valence-electron chi connectivity index (χ0n) is 11.0. The quantitative estimate of drug-likeness (QED) is 0.907. The topological polar surface area (TPSA) is 33.6 Å². The first-order valence-electron chi connectivity index (χ1n) is 6.38. The first-order valence-corrected chi connectivity index (χ1v) is 7.37. The van der Waals surface area contributed by atoms with E-state index in [4.69, 9.17) is 4.74 Å². The number of hydrogen-bond acceptors (Lipinski definition) is 3. The van der Waals surface area contributed by atoms with Crippen LogP contribution in [0.25, 0.3) is 0 Å². The maximum Gasteiger partial charge on any atom is 0.157 e. The monoisotopic (exact) mass is 264 g/mol. The molecule has 1 atom stereocenters. The van der Waals surface area contributed by atoms with E-state index in [1.165, 1.54) is 24.2 Å². The second-order valence-corrected chi connectivity index (χ2v) is 5.44. The summed E-state index contributed by atoms with van der Waals surface area (Å²) in [6.45, 7) is 2.93. The molecule has 1 aliphatic rings. The summed E-state index contributed by atoms with van der Waals surface area (Å²) >= 11 is 1.82. The van der Waals surface area contributed by atoms with Crippen molar-refractivity contribution in [3.63, 3.8) is 0 Å². The van der Waals surface area contributed by atoms with Crippen molar-refractivity contribution in [2.24, 2.45) is 4.99 Å². The molecular weight excluding hydrogens is 244 g/mol. The number of rotatable bonds is 4. The first kappa shape index (κ1) is 13.3. The lowest BCUT2D eigenvalue weighted by molar-refractivity contribution is 0.414. The molecular formula is C14H20N2OS. The molecule has 0 saturated carbocycles. The first-order chi connectivity index (χ1) is 8.81. The number of hydrogen-bond donors (Lipinski definition) is 1. The third-order valence-corrected chi connectivity index (χ3v) is 4.03. The Hall–Kier alpha value is -1.16. The Labute approximate surface area is 113 Å². The average molecular weight is 264 g/mol. The summed E-state index contributed by atoms with van der Waals surface area (Å²) < 4.78 is 5.21. The minimum absolute atomic E-state index is 0.593. The number of nitrogens with one attached hydrogen (secondary N) is 1. The number of amidine groups is 1. The van der Waals surface area contributed by atoms with Crippen LogP contribution in [0.1, 0.15) is 25.3 Å². The fourth-order valence-electron chi connectivity index (χ4n) is 1.92. The number of methoxy groups -OCH3 is 1. The summed E-state index contributed by atoms with van der Waals surface area (Å²) in [7, 11) is 1.69. The van der Waals surface area contributed by atoms with Crippen LogP contribution >= 0.6 is 11.8 Å². The molecule has 0 aromatic heterocycles. The van der Waals surface area contributed by atoms with Crippen molar-refractivity contribution in [1.29, 1.82) is 0 Å². The van der Waals surface area contributed by atoms with E-state index >= 15 is 0 Å². The van der Waals surface area contributed by atoms with Gasteiger partial charge in [0.15, 0.2) is 5.17 Å². The van der Waals surface area contributed by atoms with Gasteiger partial charge in [-0.25, -0.2) is 0 Å². The van der Waals surface area contributed by atoms with Crippen LogP contribution in [0.15, 0.2) is 29.3 Å².